The molecule has 2 aromatic rings. The molecule has 30 heavy (non-hydrogen) atoms. The van der Waals surface area contributed by atoms with Crippen molar-refractivity contribution in [2.45, 2.75) is 37.6 Å². The van der Waals surface area contributed by atoms with Gasteiger partial charge >= 0.3 is 0 Å². The monoisotopic (exact) mass is 426 g/mol. The number of nitrogens with zero attached hydrogens (tertiary/aromatic N) is 4. The Bertz CT molecular complexity index is 1030. The third-order valence-corrected chi connectivity index (χ3v) is 7.01. The van der Waals surface area contributed by atoms with Gasteiger partial charge in [-0.2, -0.15) is 5.26 Å². The lowest BCUT2D eigenvalue weighted by atomic mass is 10.00. The van der Waals surface area contributed by atoms with E-state index in [1.807, 2.05) is 54.3 Å². The molecule has 0 radical (unpaired) electrons. The van der Waals surface area contributed by atoms with Crippen LogP contribution in [0.15, 0.2) is 48.8 Å². The van der Waals surface area contributed by atoms with E-state index in [1.54, 1.807) is 17.3 Å². The van der Waals surface area contributed by atoms with Crippen LogP contribution in [-0.2, 0) is 9.84 Å². The molecular formula is C22H26N4O3S. The Labute approximate surface area is 177 Å². The van der Waals surface area contributed by atoms with Gasteiger partial charge in [0, 0.05) is 43.5 Å². The SMILES string of the molecule is Cc1ccncc1C(=O)N(c1ccccc1)C1CCN(C(CC#N)S(C)(=O)=O)CC1. The second-order valence-corrected chi connectivity index (χ2v) is 9.82. The minimum atomic E-state index is -3.37. The molecule has 1 aromatic heterocycles. The van der Waals surface area contributed by atoms with Crippen LogP contribution < -0.4 is 4.90 Å². The lowest BCUT2D eigenvalue weighted by Crippen LogP contribution is -2.51. The van der Waals surface area contributed by atoms with Crippen molar-refractivity contribution in [1.82, 2.24) is 9.88 Å². The summed E-state index contributed by atoms with van der Waals surface area (Å²) in [7, 11) is -3.37. The number of nitriles is 1. The fraction of sp³-hybridized carbons (Fsp3) is 0.409. The Kier molecular flexibility index (Phi) is 6.85. The largest absolute Gasteiger partial charge is 0.305 e. The van der Waals surface area contributed by atoms with Crippen LogP contribution in [0.3, 0.4) is 0 Å². The minimum absolute atomic E-state index is 0.0558. The average Bonchev–Trinajstić information content (AvgIpc) is 2.73. The lowest BCUT2D eigenvalue weighted by molar-refractivity contribution is 0.0956. The van der Waals surface area contributed by atoms with Gasteiger partial charge < -0.3 is 4.90 Å². The van der Waals surface area contributed by atoms with Gasteiger partial charge in [0.05, 0.1) is 18.1 Å². The first-order valence-corrected chi connectivity index (χ1v) is 11.9. The van der Waals surface area contributed by atoms with Crippen molar-refractivity contribution in [3.8, 4) is 6.07 Å². The van der Waals surface area contributed by atoms with Crippen molar-refractivity contribution in [3.63, 3.8) is 0 Å². The highest BCUT2D eigenvalue weighted by Gasteiger charge is 2.35. The number of hydrogen-bond acceptors (Lipinski definition) is 6. The second-order valence-electron chi connectivity index (χ2n) is 7.61. The first-order chi connectivity index (χ1) is 14.3. The molecule has 0 aliphatic carbocycles. The Hall–Kier alpha value is -2.76. The molecule has 1 aliphatic heterocycles. The fourth-order valence-corrected chi connectivity index (χ4v) is 5.09. The van der Waals surface area contributed by atoms with Gasteiger partial charge in [-0.25, -0.2) is 8.42 Å². The Morgan fingerprint density at radius 1 is 1.27 bits per heavy atom. The summed E-state index contributed by atoms with van der Waals surface area (Å²) in [6.45, 7) is 2.90. The molecule has 1 aliphatic rings. The van der Waals surface area contributed by atoms with Gasteiger partial charge in [-0.15, -0.1) is 0 Å². The maximum Gasteiger partial charge on any atom is 0.260 e. The molecule has 0 spiro atoms. The number of pyridine rings is 1. The normalized spacial score (nSPS) is 16.6. The number of amides is 1. The summed E-state index contributed by atoms with van der Waals surface area (Å²) in [5.74, 6) is -0.109. The smallest absolute Gasteiger partial charge is 0.260 e. The summed E-state index contributed by atoms with van der Waals surface area (Å²) in [4.78, 5) is 21.2. The maximum atomic E-state index is 13.5. The summed E-state index contributed by atoms with van der Waals surface area (Å²) in [6, 6.07) is 13.2. The van der Waals surface area contributed by atoms with Crippen LogP contribution in [0.1, 0.15) is 35.2 Å². The van der Waals surface area contributed by atoms with Gasteiger partial charge in [-0.1, -0.05) is 18.2 Å². The molecule has 1 amide bonds. The number of rotatable bonds is 6. The van der Waals surface area contributed by atoms with E-state index in [1.165, 1.54) is 6.26 Å². The molecular weight excluding hydrogens is 400 g/mol. The zero-order valence-corrected chi connectivity index (χ0v) is 18.0. The molecule has 7 nitrogen and oxygen atoms in total. The summed E-state index contributed by atoms with van der Waals surface area (Å²) in [6.07, 6.45) is 5.62. The van der Waals surface area contributed by atoms with Crippen molar-refractivity contribution >= 4 is 21.4 Å². The number of sulfone groups is 1. The van der Waals surface area contributed by atoms with E-state index in [0.29, 0.717) is 31.5 Å². The van der Waals surface area contributed by atoms with E-state index in [0.717, 1.165) is 11.3 Å². The van der Waals surface area contributed by atoms with Crippen LogP contribution >= 0.6 is 0 Å². The quantitative estimate of drug-likeness (QED) is 0.705. The molecule has 1 fully saturated rings. The number of hydrogen-bond donors (Lipinski definition) is 0. The first kappa shape index (κ1) is 21.9. The highest BCUT2D eigenvalue weighted by molar-refractivity contribution is 7.91. The molecule has 1 saturated heterocycles. The third kappa shape index (κ3) is 4.86. The number of aryl methyl sites for hydroxylation is 1. The van der Waals surface area contributed by atoms with E-state index in [4.69, 9.17) is 5.26 Å². The Balaban J connectivity index is 1.86. The molecule has 8 heteroatoms. The molecule has 1 unspecified atom stereocenters. The summed E-state index contributed by atoms with van der Waals surface area (Å²) in [5.41, 5.74) is 2.22. The topological polar surface area (TPSA) is 94.4 Å². The van der Waals surface area contributed by atoms with Gasteiger partial charge in [0.15, 0.2) is 9.84 Å². The highest BCUT2D eigenvalue weighted by atomic mass is 32.2. The number of benzene rings is 1. The van der Waals surface area contributed by atoms with E-state index < -0.39 is 15.2 Å². The van der Waals surface area contributed by atoms with Crippen molar-refractivity contribution in [2.75, 3.05) is 24.2 Å². The number of piperidine rings is 1. The number of carbonyl (C=O) groups is 1. The average molecular weight is 427 g/mol. The molecule has 0 N–H and O–H groups in total. The fourth-order valence-electron chi connectivity index (χ4n) is 3.96. The van der Waals surface area contributed by atoms with Gasteiger partial charge in [-0.05, 0) is 43.5 Å². The number of para-hydroxylation sites is 1. The van der Waals surface area contributed by atoms with Crippen LogP contribution in [0.4, 0.5) is 5.69 Å². The molecule has 3 rings (SSSR count). The zero-order valence-electron chi connectivity index (χ0n) is 17.2. The highest BCUT2D eigenvalue weighted by Crippen LogP contribution is 2.28. The van der Waals surface area contributed by atoms with E-state index in [-0.39, 0.29) is 18.4 Å². The molecule has 2 heterocycles. The van der Waals surface area contributed by atoms with Crippen LogP contribution in [0, 0.1) is 18.3 Å². The van der Waals surface area contributed by atoms with Crippen LogP contribution in [0.25, 0.3) is 0 Å². The third-order valence-electron chi connectivity index (χ3n) is 5.55. The Morgan fingerprint density at radius 2 is 1.93 bits per heavy atom. The van der Waals surface area contributed by atoms with Gasteiger partial charge in [0.1, 0.15) is 5.37 Å². The lowest BCUT2D eigenvalue weighted by Gasteiger charge is -2.40. The van der Waals surface area contributed by atoms with E-state index in [9.17, 15) is 13.2 Å². The van der Waals surface area contributed by atoms with Gasteiger partial charge in [0.2, 0.25) is 0 Å². The van der Waals surface area contributed by atoms with Crippen molar-refractivity contribution in [2.24, 2.45) is 0 Å². The maximum absolute atomic E-state index is 13.5. The minimum Gasteiger partial charge on any atom is -0.305 e. The number of likely N-dealkylation sites (tertiary alicyclic amines) is 1. The predicted octanol–water partition coefficient (Wildman–Crippen LogP) is 2.79. The summed E-state index contributed by atoms with van der Waals surface area (Å²) >= 11 is 0. The van der Waals surface area contributed by atoms with Gasteiger partial charge in [-0.3, -0.25) is 14.7 Å². The van der Waals surface area contributed by atoms with E-state index in [2.05, 4.69) is 4.98 Å². The molecule has 1 aromatic carbocycles. The standard InChI is InChI=1S/C22H26N4O3S/c1-17-9-13-24-16-20(17)22(27)26(18-6-4-3-5-7-18)19-10-14-25(15-11-19)21(8-12-23)30(2,28)29/h3-7,9,13,16,19,21H,8,10-11,14-15H2,1-2H3. The molecule has 0 bridgehead atoms. The molecule has 0 saturated carbocycles. The van der Waals surface area contributed by atoms with Crippen molar-refractivity contribution in [3.05, 3.63) is 59.9 Å². The number of carbonyl (C=O) groups excluding carboxylic acids is 1. The molecule has 158 valence electrons. The number of aromatic nitrogens is 1. The second kappa shape index (κ2) is 9.37. The van der Waals surface area contributed by atoms with E-state index >= 15 is 0 Å². The number of anilines is 1. The summed E-state index contributed by atoms with van der Waals surface area (Å²) in [5, 5.41) is 8.24. The van der Waals surface area contributed by atoms with Gasteiger partial charge in [0.25, 0.3) is 5.91 Å². The van der Waals surface area contributed by atoms with Crippen molar-refractivity contribution < 1.29 is 13.2 Å². The van der Waals surface area contributed by atoms with Crippen molar-refractivity contribution in [1.29, 1.82) is 5.26 Å². The zero-order chi connectivity index (χ0) is 21.7. The van der Waals surface area contributed by atoms with Crippen LogP contribution in [-0.4, -0.2) is 55.0 Å². The van der Waals surface area contributed by atoms with Crippen LogP contribution in [0.5, 0.6) is 0 Å². The van der Waals surface area contributed by atoms with Crippen LogP contribution in [0.2, 0.25) is 0 Å². The summed E-state index contributed by atoms with van der Waals surface area (Å²) < 4.78 is 24.2. The molecule has 1 atom stereocenters. The Morgan fingerprint density at radius 3 is 2.50 bits per heavy atom. The first-order valence-electron chi connectivity index (χ1n) is 9.92. The predicted molar refractivity (Wildman–Crippen MR) is 116 cm³/mol.